The van der Waals surface area contributed by atoms with Crippen molar-refractivity contribution in [1.29, 1.82) is 0 Å². The number of amides is 1. The van der Waals surface area contributed by atoms with Crippen LogP contribution in [0.15, 0.2) is 48.5 Å². The zero-order valence-electron chi connectivity index (χ0n) is 15.5. The molecule has 0 spiro atoms. The van der Waals surface area contributed by atoms with Gasteiger partial charge in [-0.1, -0.05) is 31.2 Å². The maximum absolute atomic E-state index is 12.2. The van der Waals surface area contributed by atoms with Gasteiger partial charge >= 0.3 is 5.97 Å². The highest BCUT2D eigenvalue weighted by Gasteiger charge is 2.14. The van der Waals surface area contributed by atoms with Crippen molar-refractivity contribution in [3.8, 4) is 5.75 Å². The van der Waals surface area contributed by atoms with Crippen LogP contribution in [-0.4, -0.2) is 37.0 Å². The summed E-state index contributed by atoms with van der Waals surface area (Å²) in [5.74, 6) is 0.0566. The molecule has 5 nitrogen and oxygen atoms in total. The van der Waals surface area contributed by atoms with Gasteiger partial charge < -0.3 is 14.4 Å². The van der Waals surface area contributed by atoms with Crippen molar-refractivity contribution in [2.24, 2.45) is 0 Å². The van der Waals surface area contributed by atoms with Crippen LogP contribution >= 0.6 is 0 Å². The Morgan fingerprint density at radius 3 is 2.12 bits per heavy atom. The van der Waals surface area contributed by atoms with Gasteiger partial charge in [0.05, 0.1) is 12.2 Å². The molecule has 0 fully saturated rings. The molecule has 0 aliphatic rings. The van der Waals surface area contributed by atoms with E-state index < -0.39 is 5.97 Å². The fourth-order valence-corrected chi connectivity index (χ4v) is 2.42. The normalized spacial score (nSPS) is 10.3. The molecular weight excluding hydrogens is 330 g/mol. The fourth-order valence-electron chi connectivity index (χ4n) is 2.42. The van der Waals surface area contributed by atoms with Crippen molar-refractivity contribution in [3.05, 3.63) is 65.2 Å². The Morgan fingerprint density at radius 1 is 0.923 bits per heavy atom. The number of carbonyl (C=O) groups excluding carboxylic acids is 2. The molecule has 1 amide bonds. The Labute approximate surface area is 154 Å². The highest BCUT2D eigenvalue weighted by Crippen LogP contribution is 2.13. The topological polar surface area (TPSA) is 55.8 Å². The van der Waals surface area contributed by atoms with Gasteiger partial charge in [0.15, 0.2) is 6.61 Å². The van der Waals surface area contributed by atoms with Crippen molar-refractivity contribution in [1.82, 2.24) is 4.90 Å². The summed E-state index contributed by atoms with van der Waals surface area (Å²) in [5.41, 5.74) is 2.57. The summed E-state index contributed by atoms with van der Waals surface area (Å²) in [5, 5.41) is 0. The number of hydrogen-bond donors (Lipinski definition) is 0. The lowest BCUT2D eigenvalue weighted by Crippen LogP contribution is -2.30. The van der Waals surface area contributed by atoms with E-state index in [0.29, 0.717) is 18.7 Å². The molecule has 0 heterocycles. The van der Waals surface area contributed by atoms with E-state index in [4.69, 9.17) is 9.47 Å². The minimum atomic E-state index is -0.490. The second kappa shape index (κ2) is 9.61. The second-order valence-electron chi connectivity index (χ2n) is 5.95. The standard InChI is InChI=1S/C21H25NO4/c1-4-16-6-10-18(11-7-16)21(24)26-15-20(23)22(3)14-17-8-12-19(13-9-17)25-5-2/h6-13H,4-5,14-15H2,1-3H3. The van der Waals surface area contributed by atoms with E-state index in [-0.39, 0.29) is 12.5 Å². The summed E-state index contributed by atoms with van der Waals surface area (Å²) in [6, 6.07) is 14.8. The summed E-state index contributed by atoms with van der Waals surface area (Å²) in [6.45, 7) is 4.76. The third kappa shape index (κ3) is 5.62. The van der Waals surface area contributed by atoms with Crippen LogP contribution in [0.4, 0.5) is 0 Å². The first-order valence-electron chi connectivity index (χ1n) is 8.75. The minimum Gasteiger partial charge on any atom is -0.494 e. The SMILES string of the molecule is CCOc1ccc(CN(C)C(=O)COC(=O)c2ccc(CC)cc2)cc1. The van der Waals surface area contributed by atoms with Crippen LogP contribution in [0.2, 0.25) is 0 Å². The lowest BCUT2D eigenvalue weighted by atomic mass is 10.1. The maximum atomic E-state index is 12.2. The van der Waals surface area contributed by atoms with Crippen LogP contribution in [-0.2, 0) is 22.5 Å². The number of nitrogens with zero attached hydrogens (tertiary/aromatic N) is 1. The number of benzene rings is 2. The van der Waals surface area contributed by atoms with Gasteiger partial charge in [-0.3, -0.25) is 4.79 Å². The quantitative estimate of drug-likeness (QED) is 0.681. The monoisotopic (exact) mass is 355 g/mol. The van der Waals surface area contributed by atoms with Crippen LogP contribution in [0.25, 0.3) is 0 Å². The molecule has 0 aliphatic heterocycles. The number of rotatable bonds is 8. The predicted octanol–water partition coefficient (Wildman–Crippen LogP) is 3.46. The summed E-state index contributed by atoms with van der Waals surface area (Å²) in [7, 11) is 1.68. The Bertz CT molecular complexity index is 723. The molecule has 138 valence electrons. The van der Waals surface area contributed by atoms with Crippen molar-refractivity contribution < 1.29 is 19.1 Å². The largest absolute Gasteiger partial charge is 0.494 e. The zero-order valence-corrected chi connectivity index (χ0v) is 15.5. The molecule has 2 aromatic rings. The highest BCUT2D eigenvalue weighted by molar-refractivity contribution is 5.91. The fraction of sp³-hybridized carbons (Fsp3) is 0.333. The van der Waals surface area contributed by atoms with Crippen molar-refractivity contribution in [3.63, 3.8) is 0 Å². The first-order valence-corrected chi connectivity index (χ1v) is 8.75. The average molecular weight is 355 g/mol. The van der Waals surface area contributed by atoms with Gasteiger partial charge in [0.1, 0.15) is 5.75 Å². The van der Waals surface area contributed by atoms with Crippen LogP contribution in [0.5, 0.6) is 5.75 Å². The second-order valence-corrected chi connectivity index (χ2v) is 5.95. The number of aryl methyl sites for hydroxylation is 1. The third-order valence-corrected chi connectivity index (χ3v) is 4.00. The molecule has 0 aromatic heterocycles. The van der Waals surface area contributed by atoms with Crippen LogP contribution in [0.1, 0.15) is 35.3 Å². The average Bonchev–Trinajstić information content (AvgIpc) is 2.67. The molecule has 2 rings (SSSR count). The molecule has 0 aliphatic carbocycles. The summed E-state index contributed by atoms with van der Waals surface area (Å²) >= 11 is 0. The van der Waals surface area contributed by atoms with Gasteiger partial charge in [-0.2, -0.15) is 0 Å². The van der Waals surface area contributed by atoms with E-state index in [1.165, 1.54) is 4.90 Å². The van der Waals surface area contributed by atoms with Crippen molar-refractivity contribution in [2.75, 3.05) is 20.3 Å². The van der Waals surface area contributed by atoms with Crippen LogP contribution < -0.4 is 4.74 Å². The van der Waals surface area contributed by atoms with E-state index in [1.54, 1.807) is 19.2 Å². The smallest absolute Gasteiger partial charge is 0.338 e. The van der Waals surface area contributed by atoms with Gasteiger partial charge in [-0.05, 0) is 48.7 Å². The number of likely N-dealkylation sites (N-methyl/N-ethyl adjacent to an activating group) is 1. The van der Waals surface area contributed by atoms with Crippen molar-refractivity contribution >= 4 is 11.9 Å². The van der Waals surface area contributed by atoms with Gasteiger partial charge in [-0.25, -0.2) is 4.79 Å². The lowest BCUT2D eigenvalue weighted by Gasteiger charge is -2.17. The molecule has 0 saturated heterocycles. The van der Waals surface area contributed by atoms with E-state index >= 15 is 0 Å². The molecule has 0 radical (unpaired) electrons. The number of ether oxygens (including phenoxy) is 2. The Morgan fingerprint density at radius 2 is 1.54 bits per heavy atom. The van der Waals surface area contributed by atoms with E-state index in [2.05, 4.69) is 0 Å². The zero-order chi connectivity index (χ0) is 18.9. The van der Waals surface area contributed by atoms with Gasteiger partial charge in [-0.15, -0.1) is 0 Å². The molecule has 0 unspecified atom stereocenters. The van der Waals surface area contributed by atoms with E-state index in [9.17, 15) is 9.59 Å². The van der Waals surface area contributed by atoms with E-state index in [1.807, 2.05) is 50.2 Å². The van der Waals surface area contributed by atoms with E-state index in [0.717, 1.165) is 23.3 Å². The van der Waals surface area contributed by atoms with Crippen molar-refractivity contribution in [2.45, 2.75) is 26.8 Å². The predicted molar refractivity (Wildman–Crippen MR) is 100 cm³/mol. The number of esters is 1. The highest BCUT2D eigenvalue weighted by atomic mass is 16.5. The van der Waals surface area contributed by atoms with Crippen LogP contribution in [0.3, 0.4) is 0 Å². The number of carbonyl (C=O) groups is 2. The molecule has 0 saturated carbocycles. The summed E-state index contributed by atoms with van der Waals surface area (Å²) in [4.78, 5) is 25.7. The molecule has 0 atom stereocenters. The molecular formula is C21H25NO4. The lowest BCUT2D eigenvalue weighted by molar-refractivity contribution is -0.133. The Balaban J connectivity index is 1.83. The summed E-state index contributed by atoms with van der Waals surface area (Å²) in [6.07, 6.45) is 0.907. The van der Waals surface area contributed by atoms with Gasteiger partial charge in [0, 0.05) is 13.6 Å². The Kier molecular flexibility index (Phi) is 7.21. The van der Waals surface area contributed by atoms with Gasteiger partial charge in [0.2, 0.25) is 0 Å². The summed E-state index contributed by atoms with van der Waals surface area (Å²) < 4.78 is 10.5. The third-order valence-electron chi connectivity index (χ3n) is 4.00. The molecule has 26 heavy (non-hydrogen) atoms. The number of hydrogen-bond acceptors (Lipinski definition) is 4. The first-order chi connectivity index (χ1) is 12.5. The first kappa shape index (κ1) is 19.5. The molecule has 0 bridgehead atoms. The van der Waals surface area contributed by atoms with Crippen LogP contribution in [0, 0.1) is 0 Å². The molecule has 5 heteroatoms. The maximum Gasteiger partial charge on any atom is 0.338 e. The Hall–Kier alpha value is -2.82. The van der Waals surface area contributed by atoms with Gasteiger partial charge in [0.25, 0.3) is 5.91 Å². The molecule has 0 N–H and O–H groups in total. The molecule has 2 aromatic carbocycles. The minimum absolute atomic E-state index is 0.252.